The first kappa shape index (κ1) is 20.0. The van der Waals surface area contributed by atoms with Crippen LogP contribution < -0.4 is 10.1 Å². The molecule has 0 saturated heterocycles. The molecule has 0 spiro atoms. The van der Waals surface area contributed by atoms with Crippen LogP contribution in [0.2, 0.25) is 0 Å². The number of alkyl halides is 3. The minimum atomic E-state index is -4.88. The zero-order valence-electron chi connectivity index (χ0n) is 15.8. The number of amides is 1. The van der Waals surface area contributed by atoms with Gasteiger partial charge in [0.15, 0.2) is 11.5 Å². The molecule has 0 unspecified atom stereocenters. The molecule has 158 valence electrons. The summed E-state index contributed by atoms with van der Waals surface area (Å²) in [5.74, 6) is -0.581. The number of nitrogens with one attached hydrogen (secondary N) is 1. The SMILES string of the molecule is COc1ccc(-n2ncc(C(=O)Nc3ccc(-n4ccnc4)nc3)c2C(F)(F)F)nn1. The van der Waals surface area contributed by atoms with Gasteiger partial charge >= 0.3 is 6.18 Å². The molecule has 31 heavy (non-hydrogen) atoms. The summed E-state index contributed by atoms with van der Waals surface area (Å²) in [7, 11) is 1.35. The number of anilines is 1. The van der Waals surface area contributed by atoms with Gasteiger partial charge in [-0.1, -0.05) is 0 Å². The molecule has 13 heteroatoms. The monoisotopic (exact) mass is 430 g/mol. The molecular formula is C18H13F3N8O2. The van der Waals surface area contributed by atoms with Gasteiger partial charge in [0.25, 0.3) is 5.91 Å². The first-order valence-corrected chi connectivity index (χ1v) is 8.66. The standard InChI is InChI=1S/C18H13F3N8O2/c1-31-15-5-4-14(26-27-15)29-16(18(19,20)21)12(9-24-29)17(30)25-11-2-3-13(23-8-11)28-7-6-22-10-28/h2-10H,1H3,(H,25,30). The van der Waals surface area contributed by atoms with Crippen molar-refractivity contribution in [2.24, 2.45) is 0 Å². The fraction of sp³-hybridized carbons (Fsp3) is 0.111. The molecule has 0 radical (unpaired) electrons. The third kappa shape index (κ3) is 4.05. The fourth-order valence-corrected chi connectivity index (χ4v) is 2.70. The highest BCUT2D eigenvalue weighted by atomic mass is 19.4. The largest absolute Gasteiger partial charge is 0.480 e. The number of halogens is 3. The Kier molecular flexibility index (Phi) is 5.07. The van der Waals surface area contributed by atoms with Crippen LogP contribution in [-0.4, -0.2) is 47.5 Å². The number of aromatic nitrogens is 7. The molecule has 1 amide bonds. The van der Waals surface area contributed by atoms with Crippen molar-refractivity contribution in [2.75, 3.05) is 12.4 Å². The van der Waals surface area contributed by atoms with E-state index in [1.165, 1.54) is 37.8 Å². The minimum absolute atomic E-state index is 0.120. The number of hydrogen-bond acceptors (Lipinski definition) is 7. The van der Waals surface area contributed by atoms with Gasteiger partial charge in [-0.2, -0.15) is 18.3 Å². The van der Waals surface area contributed by atoms with Gasteiger partial charge in [0, 0.05) is 18.5 Å². The van der Waals surface area contributed by atoms with E-state index in [9.17, 15) is 18.0 Å². The molecule has 4 aromatic rings. The van der Waals surface area contributed by atoms with E-state index in [-0.39, 0.29) is 17.4 Å². The van der Waals surface area contributed by atoms with Crippen molar-refractivity contribution in [1.82, 2.24) is 34.5 Å². The Balaban J connectivity index is 1.62. The number of carbonyl (C=O) groups excluding carboxylic acids is 1. The minimum Gasteiger partial charge on any atom is -0.480 e. The van der Waals surface area contributed by atoms with Crippen molar-refractivity contribution in [1.29, 1.82) is 0 Å². The van der Waals surface area contributed by atoms with E-state index in [1.807, 2.05) is 0 Å². The van der Waals surface area contributed by atoms with Crippen LogP contribution in [0.3, 0.4) is 0 Å². The normalized spacial score (nSPS) is 11.4. The molecule has 10 nitrogen and oxygen atoms in total. The van der Waals surface area contributed by atoms with E-state index in [4.69, 9.17) is 4.74 Å². The highest BCUT2D eigenvalue weighted by Gasteiger charge is 2.41. The number of nitrogens with zero attached hydrogens (tertiary/aromatic N) is 7. The molecule has 0 aromatic carbocycles. The number of methoxy groups -OCH3 is 1. The van der Waals surface area contributed by atoms with Gasteiger partial charge < -0.3 is 10.1 Å². The number of imidazole rings is 1. The average Bonchev–Trinajstić information content (AvgIpc) is 3.44. The topological polar surface area (TPSA) is 113 Å². The lowest BCUT2D eigenvalue weighted by atomic mass is 10.2. The Bertz CT molecular complexity index is 1190. The lowest BCUT2D eigenvalue weighted by Gasteiger charge is -2.12. The van der Waals surface area contributed by atoms with Gasteiger partial charge in [0.2, 0.25) is 5.88 Å². The second-order valence-corrected chi connectivity index (χ2v) is 6.08. The summed E-state index contributed by atoms with van der Waals surface area (Å²) >= 11 is 0. The molecule has 0 atom stereocenters. The molecule has 0 fully saturated rings. The number of carbonyl (C=O) groups is 1. The molecule has 4 aromatic heterocycles. The van der Waals surface area contributed by atoms with Crippen molar-refractivity contribution in [2.45, 2.75) is 6.18 Å². The highest BCUT2D eigenvalue weighted by molar-refractivity contribution is 6.05. The lowest BCUT2D eigenvalue weighted by molar-refractivity contribution is -0.143. The Morgan fingerprint density at radius 3 is 2.48 bits per heavy atom. The molecular weight excluding hydrogens is 417 g/mol. The maximum atomic E-state index is 13.7. The summed E-state index contributed by atoms with van der Waals surface area (Å²) in [6.45, 7) is 0. The van der Waals surface area contributed by atoms with Crippen LogP contribution in [-0.2, 0) is 6.18 Å². The van der Waals surface area contributed by atoms with Gasteiger partial charge in [-0.15, -0.1) is 10.2 Å². The summed E-state index contributed by atoms with van der Waals surface area (Å²) in [6, 6.07) is 5.66. The van der Waals surface area contributed by atoms with Crippen molar-refractivity contribution >= 4 is 11.6 Å². The van der Waals surface area contributed by atoms with Crippen LogP contribution in [0.5, 0.6) is 5.88 Å². The van der Waals surface area contributed by atoms with Crippen molar-refractivity contribution in [3.05, 3.63) is 66.6 Å². The van der Waals surface area contributed by atoms with Crippen LogP contribution in [0.4, 0.5) is 18.9 Å². The molecule has 0 aliphatic heterocycles. The summed E-state index contributed by atoms with van der Waals surface area (Å²) in [6.07, 6.45) is 2.03. The van der Waals surface area contributed by atoms with E-state index in [2.05, 4.69) is 30.6 Å². The van der Waals surface area contributed by atoms with Crippen LogP contribution in [0, 0.1) is 0 Å². The molecule has 4 heterocycles. The Morgan fingerprint density at radius 1 is 1.10 bits per heavy atom. The third-order valence-electron chi connectivity index (χ3n) is 4.11. The second-order valence-electron chi connectivity index (χ2n) is 6.08. The number of ether oxygens (including phenoxy) is 1. The van der Waals surface area contributed by atoms with Gasteiger partial charge in [0.1, 0.15) is 12.1 Å². The van der Waals surface area contributed by atoms with Crippen LogP contribution >= 0.6 is 0 Å². The Hall–Kier alpha value is -4.29. The van der Waals surface area contributed by atoms with Crippen molar-refractivity contribution in [3.63, 3.8) is 0 Å². The van der Waals surface area contributed by atoms with Gasteiger partial charge in [-0.3, -0.25) is 9.36 Å². The van der Waals surface area contributed by atoms with Gasteiger partial charge in [-0.05, 0) is 18.2 Å². The number of rotatable bonds is 5. The Morgan fingerprint density at radius 2 is 1.90 bits per heavy atom. The van der Waals surface area contributed by atoms with Crippen LogP contribution in [0.1, 0.15) is 16.1 Å². The first-order valence-electron chi connectivity index (χ1n) is 8.66. The van der Waals surface area contributed by atoms with Crippen molar-refractivity contribution in [3.8, 4) is 17.5 Å². The number of hydrogen-bond donors (Lipinski definition) is 1. The summed E-state index contributed by atoms with van der Waals surface area (Å²) in [5, 5.41) is 13.4. The maximum Gasteiger partial charge on any atom is 0.434 e. The summed E-state index contributed by atoms with van der Waals surface area (Å²) in [4.78, 5) is 20.6. The Labute approximate surface area is 172 Å². The predicted octanol–water partition coefficient (Wildman–Crippen LogP) is 2.52. The predicted molar refractivity (Wildman–Crippen MR) is 100 cm³/mol. The molecule has 4 rings (SSSR count). The quantitative estimate of drug-likeness (QED) is 0.518. The van der Waals surface area contributed by atoms with Gasteiger partial charge in [0.05, 0.1) is 30.8 Å². The molecule has 0 saturated carbocycles. The highest BCUT2D eigenvalue weighted by Crippen LogP contribution is 2.33. The van der Waals surface area contributed by atoms with E-state index >= 15 is 0 Å². The summed E-state index contributed by atoms with van der Waals surface area (Å²) in [5.41, 5.74) is -1.75. The van der Waals surface area contributed by atoms with Crippen molar-refractivity contribution < 1.29 is 22.7 Å². The number of pyridine rings is 1. The molecule has 1 N–H and O–H groups in total. The maximum absolute atomic E-state index is 13.7. The van der Waals surface area contributed by atoms with Crippen LogP contribution in [0.25, 0.3) is 11.6 Å². The first-order chi connectivity index (χ1) is 14.9. The molecule has 0 bridgehead atoms. The van der Waals surface area contributed by atoms with E-state index < -0.39 is 23.3 Å². The zero-order valence-corrected chi connectivity index (χ0v) is 15.8. The third-order valence-corrected chi connectivity index (χ3v) is 4.11. The fourth-order valence-electron chi connectivity index (χ4n) is 2.70. The molecule has 0 aliphatic carbocycles. The van der Waals surface area contributed by atoms with Gasteiger partial charge in [-0.25, -0.2) is 14.6 Å². The zero-order chi connectivity index (χ0) is 22.0. The van der Waals surface area contributed by atoms with E-state index in [1.54, 1.807) is 23.0 Å². The second kappa shape index (κ2) is 7.85. The lowest BCUT2D eigenvalue weighted by Crippen LogP contribution is -2.21. The van der Waals surface area contributed by atoms with E-state index in [0.717, 1.165) is 6.20 Å². The molecule has 0 aliphatic rings. The van der Waals surface area contributed by atoms with Crippen LogP contribution in [0.15, 0.2) is 55.4 Å². The smallest absolute Gasteiger partial charge is 0.434 e. The summed E-state index contributed by atoms with van der Waals surface area (Å²) < 4.78 is 48.2. The average molecular weight is 430 g/mol. The van der Waals surface area contributed by atoms with E-state index in [0.29, 0.717) is 10.5 Å².